The number of nitrogens with zero attached hydrogens (tertiary/aromatic N) is 2. The third kappa shape index (κ3) is 8.63. The van der Waals surface area contributed by atoms with E-state index in [0.717, 1.165) is 21.7 Å². The van der Waals surface area contributed by atoms with Gasteiger partial charge in [0, 0.05) is 24.6 Å². The zero-order valence-electron chi connectivity index (χ0n) is 24.4. The molecule has 0 heterocycles. The molecule has 0 bridgehead atoms. The Morgan fingerprint density at radius 1 is 0.902 bits per heavy atom. The lowest BCUT2D eigenvalue weighted by Crippen LogP contribution is -2.54. The van der Waals surface area contributed by atoms with Crippen molar-refractivity contribution in [3.8, 4) is 0 Å². The summed E-state index contributed by atoms with van der Waals surface area (Å²) in [5.41, 5.74) is 2.20. The third-order valence-electron chi connectivity index (χ3n) is 7.08. The fourth-order valence-electron chi connectivity index (χ4n) is 4.60. The lowest BCUT2D eigenvalue weighted by atomic mass is 10.0. The smallest absolute Gasteiger partial charge is 0.244 e. The largest absolute Gasteiger partial charge is 0.352 e. The summed E-state index contributed by atoms with van der Waals surface area (Å²) in [5.74, 6) is -1.53. The van der Waals surface area contributed by atoms with E-state index in [2.05, 4.69) is 5.32 Å². The number of anilines is 1. The molecule has 3 rings (SSSR count). The first kappa shape index (κ1) is 31.8. The molecule has 1 N–H and O–H groups in total. The molecule has 41 heavy (non-hydrogen) atoms. The van der Waals surface area contributed by atoms with Gasteiger partial charge in [-0.1, -0.05) is 87.5 Å². The molecular weight excluding hydrogens is 541 g/mol. The highest BCUT2D eigenvalue weighted by Gasteiger charge is 2.34. The number of carbonyl (C=O) groups is 2. The normalized spacial score (nSPS) is 13.0. The Bertz CT molecular complexity index is 1430. The van der Waals surface area contributed by atoms with Gasteiger partial charge < -0.3 is 10.2 Å². The lowest BCUT2D eigenvalue weighted by Gasteiger charge is -2.34. The number of hydrogen-bond donors (Lipinski definition) is 1. The topological polar surface area (TPSA) is 86.8 Å². The molecule has 2 unspecified atom stereocenters. The minimum absolute atomic E-state index is 0.00721. The minimum atomic E-state index is -3.90. The summed E-state index contributed by atoms with van der Waals surface area (Å²) >= 11 is 0. The van der Waals surface area contributed by atoms with E-state index >= 15 is 0 Å². The van der Waals surface area contributed by atoms with Crippen molar-refractivity contribution in [1.82, 2.24) is 10.2 Å². The molecule has 7 nitrogen and oxygen atoms in total. The van der Waals surface area contributed by atoms with Gasteiger partial charge in [0.25, 0.3) is 0 Å². The first-order chi connectivity index (χ1) is 19.4. The van der Waals surface area contributed by atoms with Gasteiger partial charge in [-0.25, -0.2) is 12.8 Å². The Labute approximate surface area is 243 Å². The van der Waals surface area contributed by atoms with E-state index in [-0.39, 0.29) is 36.4 Å². The van der Waals surface area contributed by atoms with Crippen molar-refractivity contribution < 1.29 is 22.4 Å². The zero-order valence-corrected chi connectivity index (χ0v) is 25.2. The fourth-order valence-corrected chi connectivity index (χ4v) is 5.47. The average molecular weight is 582 g/mol. The number of benzene rings is 3. The van der Waals surface area contributed by atoms with Crippen LogP contribution >= 0.6 is 0 Å². The monoisotopic (exact) mass is 581 g/mol. The molecule has 0 saturated heterocycles. The first-order valence-electron chi connectivity index (χ1n) is 13.9. The maximum Gasteiger partial charge on any atom is 0.244 e. The van der Waals surface area contributed by atoms with Crippen molar-refractivity contribution in [1.29, 1.82) is 0 Å². The van der Waals surface area contributed by atoms with E-state index in [1.165, 1.54) is 11.0 Å². The summed E-state index contributed by atoms with van der Waals surface area (Å²) in [6, 6.07) is 21.2. The van der Waals surface area contributed by atoms with Crippen molar-refractivity contribution in [2.45, 2.75) is 65.1 Å². The van der Waals surface area contributed by atoms with Gasteiger partial charge in [0.1, 0.15) is 18.4 Å². The number of amides is 2. The molecule has 0 aliphatic rings. The molecule has 0 aliphatic carbocycles. The lowest BCUT2D eigenvalue weighted by molar-refractivity contribution is -0.140. The van der Waals surface area contributed by atoms with E-state index in [1.807, 2.05) is 70.2 Å². The minimum Gasteiger partial charge on any atom is -0.352 e. The number of nitrogens with one attached hydrogen (secondary N) is 1. The van der Waals surface area contributed by atoms with Crippen LogP contribution in [0.5, 0.6) is 0 Å². The molecule has 3 aromatic rings. The maximum absolute atomic E-state index is 14.9. The molecule has 9 heteroatoms. The molecule has 2 atom stereocenters. The number of hydrogen-bond acceptors (Lipinski definition) is 4. The third-order valence-corrected chi connectivity index (χ3v) is 8.20. The molecule has 2 amide bonds. The van der Waals surface area contributed by atoms with Crippen LogP contribution in [0.4, 0.5) is 10.1 Å². The molecular formula is C32H40FN3O4S. The first-order valence-corrected chi connectivity index (χ1v) is 15.7. The van der Waals surface area contributed by atoms with Crippen LogP contribution in [-0.2, 0) is 32.6 Å². The van der Waals surface area contributed by atoms with Gasteiger partial charge >= 0.3 is 0 Å². The van der Waals surface area contributed by atoms with Gasteiger partial charge in [-0.05, 0) is 42.5 Å². The zero-order chi connectivity index (χ0) is 30.2. The van der Waals surface area contributed by atoms with Gasteiger partial charge in [-0.15, -0.1) is 0 Å². The quantitative estimate of drug-likeness (QED) is 0.298. The van der Waals surface area contributed by atoms with Crippen molar-refractivity contribution in [2.75, 3.05) is 17.1 Å². The second-order valence-corrected chi connectivity index (χ2v) is 12.5. The van der Waals surface area contributed by atoms with Crippen LogP contribution in [0.15, 0.2) is 78.9 Å². The predicted octanol–water partition coefficient (Wildman–Crippen LogP) is 5.27. The Balaban J connectivity index is 2.11. The van der Waals surface area contributed by atoms with E-state index in [0.29, 0.717) is 12.1 Å². The molecule has 3 aromatic carbocycles. The number of para-hydroxylation sites is 1. The number of carbonyl (C=O) groups excluding carboxylic acids is 2. The molecule has 0 spiro atoms. The second kappa shape index (κ2) is 14.3. The standard InChI is InChI=1S/C32H40FN3O4S/c1-6-24(4)34-32(38)30(20-25-14-8-7-9-15-25)35(21-26-16-10-12-18-28(26)33)31(37)22-36(41(5,39)40)29-19-13-11-17-27(29)23(2)3/h7-19,23-24,30H,6,20-22H2,1-5H3,(H,34,38). The Morgan fingerprint density at radius 2 is 1.51 bits per heavy atom. The van der Waals surface area contributed by atoms with Crippen molar-refractivity contribution in [3.05, 3.63) is 101 Å². The molecule has 0 radical (unpaired) electrons. The summed E-state index contributed by atoms with van der Waals surface area (Å²) in [4.78, 5) is 29.2. The molecule has 0 aromatic heterocycles. The molecule has 220 valence electrons. The van der Waals surface area contributed by atoms with Crippen LogP contribution in [-0.4, -0.2) is 50.0 Å². The number of halogens is 1. The van der Waals surface area contributed by atoms with E-state index < -0.39 is 34.3 Å². The molecule has 0 fully saturated rings. The number of sulfonamides is 1. The highest BCUT2D eigenvalue weighted by molar-refractivity contribution is 7.92. The summed E-state index contributed by atoms with van der Waals surface area (Å²) in [7, 11) is -3.90. The number of rotatable bonds is 13. The van der Waals surface area contributed by atoms with Crippen LogP contribution in [0.3, 0.4) is 0 Å². The van der Waals surface area contributed by atoms with Gasteiger partial charge in [0.05, 0.1) is 11.9 Å². The molecule has 0 saturated carbocycles. The van der Waals surface area contributed by atoms with Crippen LogP contribution in [0.2, 0.25) is 0 Å². The maximum atomic E-state index is 14.9. The van der Waals surface area contributed by atoms with Crippen molar-refractivity contribution in [3.63, 3.8) is 0 Å². The summed E-state index contributed by atoms with van der Waals surface area (Å²) in [6.45, 7) is 6.95. The summed E-state index contributed by atoms with van der Waals surface area (Å²) < 4.78 is 42.1. The van der Waals surface area contributed by atoms with Crippen molar-refractivity contribution >= 4 is 27.5 Å². The van der Waals surface area contributed by atoms with E-state index in [4.69, 9.17) is 0 Å². The van der Waals surface area contributed by atoms with Gasteiger partial charge in [0.15, 0.2) is 0 Å². The van der Waals surface area contributed by atoms with Gasteiger partial charge in [0.2, 0.25) is 21.8 Å². The van der Waals surface area contributed by atoms with E-state index in [9.17, 15) is 22.4 Å². The molecule has 0 aliphatic heterocycles. The van der Waals surface area contributed by atoms with Crippen LogP contribution in [0, 0.1) is 5.82 Å². The highest BCUT2D eigenvalue weighted by atomic mass is 32.2. The van der Waals surface area contributed by atoms with Crippen LogP contribution in [0.1, 0.15) is 56.7 Å². The van der Waals surface area contributed by atoms with Crippen LogP contribution < -0.4 is 9.62 Å². The Hall–Kier alpha value is -3.72. The Kier molecular flexibility index (Phi) is 11.1. The average Bonchev–Trinajstić information content (AvgIpc) is 2.94. The fraction of sp³-hybridized carbons (Fsp3) is 0.375. The summed E-state index contributed by atoms with van der Waals surface area (Å²) in [6.07, 6.45) is 1.90. The van der Waals surface area contributed by atoms with Gasteiger partial charge in [-0.3, -0.25) is 13.9 Å². The predicted molar refractivity (Wildman–Crippen MR) is 162 cm³/mol. The summed E-state index contributed by atoms with van der Waals surface area (Å²) in [5, 5.41) is 2.97. The van der Waals surface area contributed by atoms with Crippen LogP contribution in [0.25, 0.3) is 0 Å². The highest BCUT2D eigenvalue weighted by Crippen LogP contribution is 2.29. The van der Waals surface area contributed by atoms with Gasteiger partial charge in [-0.2, -0.15) is 0 Å². The second-order valence-electron chi connectivity index (χ2n) is 10.6. The Morgan fingerprint density at radius 3 is 2.12 bits per heavy atom. The SMILES string of the molecule is CCC(C)NC(=O)C(Cc1ccccc1)N(Cc1ccccc1F)C(=O)CN(c1ccccc1C(C)C)S(C)(=O)=O. The van der Waals surface area contributed by atoms with Crippen molar-refractivity contribution in [2.24, 2.45) is 0 Å². The van der Waals surface area contributed by atoms with E-state index in [1.54, 1.807) is 30.3 Å².